The Morgan fingerprint density at radius 3 is 2.81 bits per heavy atom. The van der Waals surface area contributed by atoms with E-state index in [9.17, 15) is 19.7 Å². The number of nitro groups is 1. The number of amides is 1. The maximum atomic E-state index is 12.3. The maximum absolute atomic E-state index is 12.3. The lowest BCUT2D eigenvalue weighted by molar-refractivity contribution is -0.384. The van der Waals surface area contributed by atoms with Gasteiger partial charge in [0.1, 0.15) is 5.69 Å². The minimum atomic E-state index is -0.677. The molecule has 1 N–H and O–H groups in total. The Morgan fingerprint density at radius 2 is 2.12 bits per heavy atom. The Kier molecular flexibility index (Phi) is 4.61. The molecular formula is C17H14N4O5. The third-order valence-corrected chi connectivity index (χ3v) is 3.66. The highest BCUT2D eigenvalue weighted by Crippen LogP contribution is 2.22. The molecule has 1 aromatic carbocycles. The molecule has 0 spiro atoms. The van der Waals surface area contributed by atoms with Crippen LogP contribution in [-0.4, -0.2) is 20.6 Å². The van der Waals surface area contributed by atoms with Crippen molar-refractivity contribution in [2.75, 3.05) is 0 Å². The van der Waals surface area contributed by atoms with Crippen LogP contribution < -0.4 is 10.7 Å². The third-order valence-electron chi connectivity index (χ3n) is 3.66. The quantitative estimate of drug-likeness (QED) is 0.552. The summed E-state index contributed by atoms with van der Waals surface area (Å²) in [5.41, 5.74) is 0.162. The molecule has 0 aliphatic rings. The summed E-state index contributed by atoms with van der Waals surface area (Å²) >= 11 is 0. The number of aromatic nitrogens is 2. The number of carbonyl (C=O) groups excluding carboxylic acids is 1. The maximum Gasteiger partial charge on any atom is 0.294 e. The molecule has 0 bridgehead atoms. The number of nitro benzene ring substituents is 1. The highest BCUT2D eigenvalue weighted by atomic mass is 16.6. The average molecular weight is 354 g/mol. The van der Waals surface area contributed by atoms with Gasteiger partial charge in [0.25, 0.3) is 11.6 Å². The fourth-order valence-corrected chi connectivity index (χ4v) is 2.41. The molecule has 0 aliphatic heterocycles. The molecule has 0 saturated heterocycles. The second-order valence-corrected chi connectivity index (χ2v) is 5.47. The first-order valence-electron chi connectivity index (χ1n) is 7.61. The van der Waals surface area contributed by atoms with E-state index in [1.807, 2.05) is 0 Å². The van der Waals surface area contributed by atoms with Crippen molar-refractivity contribution in [3.63, 3.8) is 0 Å². The smallest absolute Gasteiger partial charge is 0.294 e. The van der Waals surface area contributed by atoms with Gasteiger partial charge in [0.05, 0.1) is 17.4 Å². The molecule has 0 radical (unpaired) electrons. The number of benzene rings is 1. The molecule has 3 rings (SSSR count). The second-order valence-electron chi connectivity index (χ2n) is 5.47. The lowest BCUT2D eigenvalue weighted by Gasteiger charge is -2.11. The van der Waals surface area contributed by atoms with Gasteiger partial charge in [-0.1, -0.05) is 12.1 Å². The molecule has 9 nitrogen and oxygen atoms in total. The number of rotatable bonds is 5. The highest BCUT2D eigenvalue weighted by molar-refractivity contribution is 5.92. The number of nitrogens with zero attached hydrogens (tertiary/aromatic N) is 3. The SMILES string of the molecule is Cc1cc(=O)c(C(=O)NCc2ccoc2)nn1-c1ccccc1[N+](=O)[O-]. The van der Waals surface area contributed by atoms with Crippen LogP contribution in [0.15, 0.2) is 58.1 Å². The monoisotopic (exact) mass is 354 g/mol. The summed E-state index contributed by atoms with van der Waals surface area (Å²) in [6.45, 7) is 1.74. The van der Waals surface area contributed by atoms with Gasteiger partial charge in [-0.2, -0.15) is 5.10 Å². The van der Waals surface area contributed by atoms with E-state index >= 15 is 0 Å². The van der Waals surface area contributed by atoms with Crippen LogP contribution in [0.4, 0.5) is 5.69 Å². The Morgan fingerprint density at radius 1 is 1.35 bits per heavy atom. The molecular weight excluding hydrogens is 340 g/mol. The molecule has 3 aromatic rings. The van der Waals surface area contributed by atoms with E-state index in [2.05, 4.69) is 10.4 Å². The summed E-state index contributed by atoms with van der Waals surface area (Å²) in [5, 5.41) is 17.9. The van der Waals surface area contributed by atoms with Gasteiger partial charge in [-0.25, -0.2) is 4.68 Å². The van der Waals surface area contributed by atoms with Crippen LogP contribution in [0.3, 0.4) is 0 Å². The molecule has 1 amide bonds. The van der Waals surface area contributed by atoms with Crippen molar-refractivity contribution < 1.29 is 14.1 Å². The number of nitrogens with one attached hydrogen (secondary N) is 1. The summed E-state index contributed by atoms with van der Waals surface area (Å²) in [6, 6.07) is 8.85. The lowest BCUT2D eigenvalue weighted by atomic mass is 10.2. The Bertz CT molecular complexity index is 1020. The topological polar surface area (TPSA) is 120 Å². The van der Waals surface area contributed by atoms with Crippen molar-refractivity contribution in [3.05, 3.63) is 86.2 Å². The van der Waals surface area contributed by atoms with E-state index in [0.29, 0.717) is 5.69 Å². The zero-order chi connectivity index (χ0) is 18.7. The number of hydrogen-bond acceptors (Lipinski definition) is 6. The molecule has 0 unspecified atom stereocenters. The van der Waals surface area contributed by atoms with Crippen molar-refractivity contribution in [2.45, 2.75) is 13.5 Å². The molecule has 2 aromatic heterocycles. The minimum absolute atomic E-state index is 0.163. The van der Waals surface area contributed by atoms with Crippen molar-refractivity contribution in [1.82, 2.24) is 15.1 Å². The highest BCUT2D eigenvalue weighted by Gasteiger charge is 2.20. The third kappa shape index (κ3) is 3.36. The van der Waals surface area contributed by atoms with Gasteiger partial charge in [-0.15, -0.1) is 0 Å². The van der Waals surface area contributed by atoms with Gasteiger partial charge >= 0.3 is 0 Å². The van der Waals surface area contributed by atoms with Gasteiger partial charge in [0.15, 0.2) is 5.69 Å². The normalized spacial score (nSPS) is 10.5. The summed E-state index contributed by atoms with van der Waals surface area (Å²) in [4.78, 5) is 35.2. The largest absolute Gasteiger partial charge is 0.472 e. The predicted molar refractivity (Wildman–Crippen MR) is 91.1 cm³/mol. The number of furan rings is 1. The summed E-state index contributed by atoms with van der Waals surface area (Å²) in [7, 11) is 0. The van der Waals surface area contributed by atoms with Crippen LogP contribution in [0.5, 0.6) is 0 Å². The van der Waals surface area contributed by atoms with Crippen LogP contribution in [0.2, 0.25) is 0 Å². The van der Waals surface area contributed by atoms with Gasteiger partial charge in [-0.05, 0) is 19.1 Å². The van der Waals surface area contributed by atoms with Gasteiger partial charge in [-0.3, -0.25) is 19.7 Å². The van der Waals surface area contributed by atoms with Crippen LogP contribution in [0.25, 0.3) is 5.69 Å². The Labute approximate surface area is 147 Å². The first-order chi connectivity index (χ1) is 12.5. The van der Waals surface area contributed by atoms with Crippen molar-refractivity contribution in [2.24, 2.45) is 0 Å². The molecule has 132 valence electrons. The van der Waals surface area contributed by atoms with Crippen LogP contribution >= 0.6 is 0 Å². The number of aryl methyl sites for hydroxylation is 1. The fourth-order valence-electron chi connectivity index (χ4n) is 2.41. The van der Waals surface area contributed by atoms with E-state index in [1.54, 1.807) is 19.1 Å². The standard InChI is InChI=1S/C17H14N4O5/c1-11-8-15(22)16(17(23)18-9-12-6-7-26-10-12)19-20(11)13-4-2-3-5-14(13)21(24)25/h2-8,10H,9H2,1H3,(H,18,23). The second kappa shape index (κ2) is 7.01. The first-order valence-corrected chi connectivity index (χ1v) is 7.61. The molecule has 0 atom stereocenters. The van der Waals surface area contributed by atoms with Crippen LogP contribution in [0.1, 0.15) is 21.7 Å². The van der Waals surface area contributed by atoms with Crippen LogP contribution in [-0.2, 0) is 6.54 Å². The van der Waals surface area contributed by atoms with Crippen molar-refractivity contribution in [1.29, 1.82) is 0 Å². The van der Waals surface area contributed by atoms with Crippen molar-refractivity contribution in [3.8, 4) is 5.69 Å². The molecule has 9 heteroatoms. The summed E-state index contributed by atoms with van der Waals surface area (Å²) in [6.07, 6.45) is 2.93. The summed E-state index contributed by atoms with van der Waals surface area (Å²) < 4.78 is 6.12. The minimum Gasteiger partial charge on any atom is -0.472 e. The zero-order valence-electron chi connectivity index (χ0n) is 13.7. The Balaban J connectivity index is 1.99. The molecule has 26 heavy (non-hydrogen) atoms. The fraction of sp³-hybridized carbons (Fsp3) is 0.118. The number of hydrogen-bond donors (Lipinski definition) is 1. The summed E-state index contributed by atoms with van der Waals surface area (Å²) in [5.74, 6) is -0.677. The number of para-hydroxylation sites is 2. The molecule has 2 heterocycles. The molecule has 0 fully saturated rings. The average Bonchev–Trinajstić information content (AvgIpc) is 3.13. The van der Waals surface area contributed by atoms with Gasteiger partial charge < -0.3 is 9.73 Å². The van der Waals surface area contributed by atoms with Crippen LogP contribution in [0, 0.1) is 17.0 Å². The zero-order valence-corrected chi connectivity index (χ0v) is 13.7. The predicted octanol–water partition coefficient (Wildman–Crippen LogP) is 1.97. The molecule has 0 saturated carbocycles. The first kappa shape index (κ1) is 17.1. The van der Waals surface area contributed by atoms with E-state index in [0.717, 1.165) is 5.56 Å². The molecule has 0 aliphatic carbocycles. The van der Waals surface area contributed by atoms with E-state index in [1.165, 1.54) is 41.5 Å². The van der Waals surface area contributed by atoms with E-state index in [-0.39, 0.29) is 23.6 Å². The Hall–Kier alpha value is -3.75. The van der Waals surface area contributed by atoms with Crippen molar-refractivity contribution >= 4 is 11.6 Å². The lowest BCUT2D eigenvalue weighted by Crippen LogP contribution is -2.31. The number of carbonyl (C=O) groups is 1. The van der Waals surface area contributed by atoms with E-state index in [4.69, 9.17) is 4.42 Å². The van der Waals surface area contributed by atoms with Gasteiger partial charge in [0, 0.05) is 29.9 Å². The van der Waals surface area contributed by atoms with E-state index < -0.39 is 16.3 Å². The van der Waals surface area contributed by atoms with Gasteiger partial charge in [0.2, 0.25) is 5.43 Å².